The minimum absolute atomic E-state index is 0.236. The van der Waals surface area contributed by atoms with E-state index in [1.807, 2.05) is 18.6 Å². The average Bonchev–Trinajstić information content (AvgIpc) is 3.32. The number of hydrogen-bond acceptors (Lipinski definition) is 7. The second-order valence-corrected chi connectivity index (χ2v) is 10.2. The third-order valence-corrected chi connectivity index (χ3v) is 7.77. The Kier molecular flexibility index (Phi) is 6.35. The molecule has 0 saturated carbocycles. The molecule has 5 heterocycles. The summed E-state index contributed by atoms with van der Waals surface area (Å²) in [7, 11) is 2.21. The van der Waals surface area contributed by atoms with Gasteiger partial charge in [-0.1, -0.05) is 12.1 Å². The Labute approximate surface area is 208 Å². The summed E-state index contributed by atoms with van der Waals surface area (Å²) in [5, 5.41) is 0. The van der Waals surface area contributed by atoms with E-state index in [1.165, 1.54) is 29.1 Å². The van der Waals surface area contributed by atoms with Crippen molar-refractivity contribution in [2.45, 2.75) is 37.9 Å². The van der Waals surface area contributed by atoms with Gasteiger partial charge in [0.1, 0.15) is 11.7 Å². The van der Waals surface area contributed by atoms with Gasteiger partial charge in [-0.15, -0.1) is 0 Å². The summed E-state index contributed by atoms with van der Waals surface area (Å²) in [5.74, 6) is 2.42. The molecular formula is C28H35N7. The largest absolute Gasteiger partial charge is 0.355 e. The maximum atomic E-state index is 5.21. The summed E-state index contributed by atoms with van der Waals surface area (Å²) in [6.45, 7) is 7.12. The van der Waals surface area contributed by atoms with Gasteiger partial charge in [0.25, 0.3) is 0 Å². The summed E-state index contributed by atoms with van der Waals surface area (Å²) in [4.78, 5) is 24.3. The lowest BCUT2D eigenvalue weighted by Crippen LogP contribution is -2.48. The zero-order valence-corrected chi connectivity index (χ0v) is 20.6. The van der Waals surface area contributed by atoms with E-state index < -0.39 is 0 Å². The van der Waals surface area contributed by atoms with Crippen LogP contribution in [0.2, 0.25) is 0 Å². The lowest BCUT2D eigenvalue weighted by molar-refractivity contribution is 0.144. The summed E-state index contributed by atoms with van der Waals surface area (Å²) in [6, 6.07) is 9.17. The SMILES string of the molecule is CN1CCN(C2=CC=CC3=NC(CN(Cc4ccncc4)[C@H]4CCCc5cccnc54)CN23)CC1. The van der Waals surface area contributed by atoms with Crippen molar-refractivity contribution in [3.05, 3.63) is 83.7 Å². The number of allylic oxidation sites excluding steroid dienone is 2. The third kappa shape index (κ3) is 4.75. The minimum Gasteiger partial charge on any atom is -0.355 e. The number of aromatic nitrogens is 2. The van der Waals surface area contributed by atoms with Crippen LogP contribution in [0.15, 0.2) is 71.9 Å². The Morgan fingerprint density at radius 3 is 2.77 bits per heavy atom. The van der Waals surface area contributed by atoms with Crippen LogP contribution < -0.4 is 0 Å². The number of likely N-dealkylation sites (N-methyl/N-ethyl adjacent to an activating group) is 1. The van der Waals surface area contributed by atoms with Crippen LogP contribution in [0.25, 0.3) is 0 Å². The summed E-state index contributed by atoms with van der Waals surface area (Å²) in [5.41, 5.74) is 3.96. The third-order valence-electron chi connectivity index (χ3n) is 7.77. The maximum absolute atomic E-state index is 5.21. The topological polar surface area (TPSA) is 51.1 Å². The lowest BCUT2D eigenvalue weighted by Gasteiger charge is -2.40. The van der Waals surface area contributed by atoms with Crippen LogP contribution in [-0.4, -0.2) is 87.8 Å². The van der Waals surface area contributed by atoms with Crippen LogP contribution in [0.1, 0.15) is 35.7 Å². The van der Waals surface area contributed by atoms with Crippen LogP contribution in [0, 0.1) is 0 Å². The molecule has 4 aliphatic rings. The molecule has 182 valence electrons. The number of nitrogens with zero attached hydrogens (tertiary/aromatic N) is 7. The normalized spacial score (nSPS) is 24.3. The van der Waals surface area contributed by atoms with E-state index in [0.29, 0.717) is 6.04 Å². The summed E-state index contributed by atoms with van der Waals surface area (Å²) in [6.07, 6.45) is 15.8. The molecule has 0 spiro atoms. The number of hydrogen-bond donors (Lipinski definition) is 0. The highest BCUT2D eigenvalue weighted by Crippen LogP contribution is 2.35. The molecule has 1 unspecified atom stereocenters. The molecule has 35 heavy (non-hydrogen) atoms. The quantitative estimate of drug-likeness (QED) is 0.648. The summed E-state index contributed by atoms with van der Waals surface area (Å²) >= 11 is 0. The second kappa shape index (κ2) is 9.91. The number of rotatable bonds is 6. The van der Waals surface area contributed by atoms with E-state index in [1.54, 1.807) is 0 Å². The zero-order valence-electron chi connectivity index (χ0n) is 20.6. The molecule has 7 heteroatoms. The van der Waals surface area contributed by atoms with E-state index in [-0.39, 0.29) is 6.04 Å². The summed E-state index contributed by atoms with van der Waals surface area (Å²) < 4.78 is 0. The molecular weight excluding hydrogens is 434 g/mol. The Morgan fingerprint density at radius 1 is 1.06 bits per heavy atom. The van der Waals surface area contributed by atoms with Gasteiger partial charge >= 0.3 is 0 Å². The fourth-order valence-corrected chi connectivity index (χ4v) is 5.90. The highest BCUT2D eigenvalue weighted by molar-refractivity contribution is 5.96. The van der Waals surface area contributed by atoms with Crippen molar-refractivity contribution >= 4 is 5.84 Å². The van der Waals surface area contributed by atoms with Crippen molar-refractivity contribution in [3.8, 4) is 0 Å². The van der Waals surface area contributed by atoms with Crippen molar-refractivity contribution in [1.82, 2.24) is 29.6 Å². The minimum atomic E-state index is 0.236. The van der Waals surface area contributed by atoms with Gasteiger partial charge in [0, 0.05) is 64.4 Å². The predicted molar refractivity (Wildman–Crippen MR) is 139 cm³/mol. The molecule has 3 aliphatic heterocycles. The maximum Gasteiger partial charge on any atom is 0.129 e. The van der Waals surface area contributed by atoms with E-state index >= 15 is 0 Å². The zero-order chi connectivity index (χ0) is 23.6. The van der Waals surface area contributed by atoms with E-state index in [9.17, 15) is 0 Å². The molecule has 6 rings (SSSR count). The van der Waals surface area contributed by atoms with E-state index in [0.717, 1.165) is 64.5 Å². The highest BCUT2D eigenvalue weighted by atomic mass is 15.4. The number of piperazine rings is 1. The van der Waals surface area contributed by atoms with Gasteiger partial charge in [-0.3, -0.25) is 19.9 Å². The first-order valence-corrected chi connectivity index (χ1v) is 13.0. The number of fused-ring (bicyclic) bond motifs is 2. The molecule has 0 amide bonds. The molecule has 1 fully saturated rings. The van der Waals surface area contributed by atoms with Crippen LogP contribution in [0.3, 0.4) is 0 Å². The molecule has 0 N–H and O–H groups in total. The number of aryl methyl sites for hydroxylation is 1. The van der Waals surface area contributed by atoms with Crippen molar-refractivity contribution in [2.24, 2.45) is 4.99 Å². The first kappa shape index (κ1) is 22.4. The van der Waals surface area contributed by atoms with Crippen molar-refractivity contribution < 1.29 is 0 Å². The van der Waals surface area contributed by atoms with Crippen LogP contribution in [-0.2, 0) is 13.0 Å². The van der Waals surface area contributed by atoms with Gasteiger partial charge in [-0.2, -0.15) is 0 Å². The molecule has 0 bridgehead atoms. The standard InChI is InChI=1S/C28H35N7/c1-32-15-17-33(18-16-32)27-9-3-8-26-31-24(21-35(26)27)20-34(19-22-10-13-29-14-11-22)25-7-2-5-23-6-4-12-30-28(23)25/h3-4,6,8-14,24-25H,2,5,7,15-21H2,1H3/t24?,25-/m0/s1. The average molecular weight is 470 g/mol. The van der Waals surface area contributed by atoms with Crippen molar-refractivity contribution in [1.29, 1.82) is 0 Å². The number of amidine groups is 1. The van der Waals surface area contributed by atoms with Crippen molar-refractivity contribution in [3.63, 3.8) is 0 Å². The Bertz CT molecular complexity index is 1120. The van der Waals surface area contributed by atoms with Gasteiger partial charge in [0.2, 0.25) is 0 Å². The smallest absolute Gasteiger partial charge is 0.129 e. The van der Waals surface area contributed by atoms with Crippen LogP contribution >= 0.6 is 0 Å². The van der Waals surface area contributed by atoms with Crippen LogP contribution in [0.4, 0.5) is 0 Å². The predicted octanol–water partition coefficient (Wildman–Crippen LogP) is 3.10. The second-order valence-electron chi connectivity index (χ2n) is 10.2. The molecule has 2 atom stereocenters. The molecule has 0 aromatic carbocycles. The van der Waals surface area contributed by atoms with Gasteiger partial charge in [0.05, 0.1) is 17.8 Å². The van der Waals surface area contributed by atoms with Gasteiger partial charge in [0.15, 0.2) is 0 Å². The number of pyridine rings is 2. The van der Waals surface area contributed by atoms with Gasteiger partial charge in [-0.25, -0.2) is 0 Å². The Morgan fingerprint density at radius 2 is 1.91 bits per heavy atom. The van der Waals surface area contributed by atoms with Gasteiger partial charge in [-0.05, 0) is 67.8 Å². The molecule has 2 aromatic rings. The lowest BCUT2D eigenvalue weighted by atomic mass is 9.90. The molecule has 7 nitrogen and oxygen atoms in total. The first-order chi connectivity index (χ1) is 17.2. The van der Waals surface area contributed by atoms with Crippen molar-refractivity contribution in [2.75, 3.05) is 46.3 Å². The molecule has 1 saturated heterocycles. The van der Waals surface area contributed by atoms with E-state index in [4.69, 9.17) is 9.98 Å². The monoisotopic (exact) mass is 469 g/mol. The fourth-order valence-electron chi connectivity index (χ4n) is 5.90. The van der Waals surface area contributed by atoms with Gasteiger partial charge < -0.3 is 14.7 Å². The Hall–Kier alpha value is -3.03. The Balaban J connectivity index is 1.22. The molecule has 0 radical (unpaired) electrons. The van der Waals surface area contributed by atoms with Crippen LogP contribution in [0.5, 0.6) is 0 Å². The number of aliphatic imine (C=N–C) groups is 1. The first-order valence-electron chi connectivity index (χ1n) is 13.0. The highest BCUT2D eigenvalue weighted by Gasteiger charge is 2.34. The molecule has 1 aliphatic carbocycles. The van der Waals surface area contributed by atoms with E-state index in [2.05, 4.69) is 74.1 Å². The molecule has 2 aromatic heterocycles. The fraction of sp³-hybridized carbons (Fsp3) is 0.464.